The molecule has 0 spiro atoms. The smallest absolute Gasteiger partial charge is 0.270 e. The quantitative estimate of drug-likeness (QED) is 0.236. The maximum absolute atomic E-state index is 13.2. The van der Waals surface area contributed by atoms with Crippen LogP contribution in [0.15, 0.2) is 57.6 Å². The Morgan fingerprint density at radius 1 is 1.09 bits per heavy atom. The van der Waals surface area contributed by atoms with Crippen molar-refractivity contribution in [1.29, 1.82) is 0 Å². The number of benzene rings is 2. The average Bonchev–Trinajstić information content (AvgIpc) is 3.07. The highest BCUT2D eigenvalue weighted by atomic mass is 32.2. The van der Waals surface area contributed by atoms with Crippen LogP contribution in [-0.2, 0) is 16.6 Å². The van der Waals surface area contributed by atoms with Gasteiger partial charge in [-0.15, -0.1) is 10.2 Å². The minimum Gasteiger partial charge on any atom is -0.493 e. The summed E-state index contributed by atoms with van der Waals surface area (Å²) in [5.74, 6) is -0.0662. The summed E-state index contributed by atoms with van der Waals surface area (Å²) < 4.78 is 29.2. The zero-order chi connectivity index (χ0) is 24.2. The molecule has 0 amide bonds. The number of para-hydroxylation sites is 1. The molecule has 3 rings (SSSR count). The summed E-state index contributed by atoms with van der Waals surface area (Å²) in [5.41, 5.74) is 0.597. The number of rotatable bonds is 10. The molecule has 0 unspecified atom stereocenters. The monoisotopic (exact) mass is 473 g/mol. The summed E-state index contributed by atoms with van der Waals surface area (Å²) in [6.07, 6.45) is 1.80. The fraction of sp³-hybridized carbons (Fsp3) is 0.364. The van der Waals surface area contributed by atoms with Gasteiger partial charge in [-0.3, -0.25) is 10.1 Å². The maximum Gasteiger partial charge on any atom is 0.270 e. The third kappa shape index (κ3) is 4.74. The molecule has 0 bridgehead atoms. The SMILES string of the molecule is CCCCn1c(O)c(N=Nc2ccc([N+](=O)[O-])cc2S(=O)(=O)N(CC)CC)c2ccccc21. The van der Waals surface area contributed by atoms with Crippen molar-refractivity contribution in [3.63, 3.8) is 0 Å². The predicted molar refractivity (Wildman–Crippen MR) is 126 cm³/mol. The molecular weight excluding hydrogens is 446 g/mol. The molecule has 10 nitrogen and oxygen atoms in total. The summed E-state index contributed by atoms with van der Waals surface area (Å²) in [6, 6.07) is 10.8. The highest BCUT2D eigenvalue weighted by molar-refractivity contribution is 7.89. The van der Waals surface area contributed by atoms with Crippen molar-refractivity contribution in [2.75, 3.05) is 13.1 Å². The zero-order valence-electron chi connectivity index (χ0n) is 18.8. The second kappa shape index (κ2) is 10.1. The summed E-state index contributed by atoms with van der Waals surface area (Å²) in [6.45, 7) is 6.41. The van der Waals surface area contributed by atoms with Crippen LogP contribution in [0.4, 0.5) is 17.1 Å². The highest BCUT2D eigenvalue weighted by Crippen LogP contribution is 2.40. The normalized spacial score (nSPS) is 12.2. The molecule has 0 fully saturated rings. The summed E-state index contributed by atoms with van der Waals surface area (Å²) in [4.78, 5) is 10.3. The number of hydrogen-bond acceptors (Lipinski definition) is 7. The van der Waals surface area contributed by atoms with E-state index in [-0.39, 0.29) is 40.9 Å². The van der Waals surface area contributed by atoms with Crippen LogP contribution in [0.25, 0.3) is 10.9 Å². The molecule has 3 aromatic rings. The van der Waals surface area contributed by atoms with E-state index in [1.54, 1.807) is 24.5 Å². The van der Waals surface area contributed by atoms with Crippen LogP contribution in [0.5, 0.6) is 5.88 Å². The Balaban J connectivity index is 2.16. The number of fused-ring (bicyclic) bond motifs is 1. The Morgan fingerprint density at radius 2 is 1.79 bits per heavy atom. The molecule has 176 valence electrons. The van der Waals surface area contributed by atoms with Gasteiger partial charge < -0.3 is 9.67 Å². The van der Waals surface area contributed by atoms with Crippen molar-refractivity contribution >= 4 is 38.0 Å². The molecule has 2 aromatic carbocycles. The van der Waals surface area contributed by atoms with Crippen molar-refractivity contribution in [2.24, 2.45) is 10.2 Å². The minimum atomic E-state index is -4.04. The zero-order valence-corrected chi connectivity index (χ0v) is 19.6. The summed E-state index contributed by atoms with van der Waals surface area (Å²) in [5, 5.41) is 31.1. The molecule has 1 heterocycles. The van der Waals surface area contributed by atoms with Crippen LogP contribution in [0.3, 0.4) is 0 Å². The lowest BCUT2D eigenvalue weighted by Gasteiger charge is -2.19. The second-order valence-corrected chi connectivity index (χ2v) is 9.30. The van der Waals surface area contributed by atoms with Gasteiger partial charge in [-0.05, 0) is 18.6 Å². The van der Waals surface area contributed by atoms with Gasteiger partial charge in [0.2, 0.25) is 15.9 Å². The largest absolute Gasteiger partial charge is 0.493 e. The Kier molecular flexibility index (Phi) is 7.44. The van der Waals surface area contributed by atoms with Crippen LogP contribution in [0.2, 0.25) is 0 Å². The van der Waals surface area contributed by atoms with Gasteiger partial charge in [0, 0.05) is 37.2 Å². The van der Waals surface area contributed by atoms with Gasteiger partial charge in [0.15, 0.2) is 5.69 Å². The first-order chi connectivity index (χ1) is 15.8. The third-order valence-electron chi connectivity index (χ3n) is 5.39. The lowest BCUT2D eigenvalue weighted by atomic mass is 10.2. The van der Waals surface area contributed by atoms with E-state index in [2.05, 4.69) is 17.2 Å². The Hall–Kier alpha value is -3.31. The molecule has 0 saturated carbocycles. The number of nitro groups is 1. The van der Waals surface area contributed by atoms with Crippen molar-refractivity contribution in [1.82, 2.24) is 8.87 Å². The molecular formula is C22H27N5O5S. The Bertz CT molecular complexity index is 1300. The van der Waals surface area contributed by atoms with E-state index in [0.29, 0.717) is 11.9 Å². The number of aromatic hydroxyl groups is 1. The number of nitro benzene ring substituents is 1. The first-order valence-electron chi connectivity index (χ1n) is 10.8. The third-order valence-corrected chi connectivity index (χ3v) is 7.47. The van der Waals surface area contributed by atoms with Crippen molar-refractivity contribution in [3.05, 3.63) is 52.6 Å². The first-order valence-corrected chi connectivity index (χ1v) is 12.2. The van der Waals surface area contributed by atoms with Crippen molar-refractivity contribution in [2.45, 2.75) is 45.1 Å². The number of hydrogen-bond donors (Lipinski definition) is 1. The van der Waals surface area contributed by atoms with Gasteiger partial charge in [-0.25, -0.2) is 8.42 Å². The topological polar surface area (TPSA) is 130 Å². The molecule has 0 saturated heterocycles. The first kappa shape index (κ1) is 24.3. The molecule has 11 heteroatoms. The molecule has 0 aliphatic carbocycles. The molecule has 0 aliphatic heterocycles. The van der Waals surface area contributed by atoms with E-state index < -0.39 is 14.9 Å². The standard InChI is InChI=1S/C22H27N5O5S/c1-4-7-14-26-19-11-9-8-10-17(19)21(22(26)28)24-23-18-13-12-16(27(29)30)15-20(18)33(31,32)25(5-2)6-3/h8-13,15,28H,4-7,14H2,1-3H3. The summed E-state index contributed by atoms with van der Waals surface area (Å²) >= 11 is 0. The minimum absolute atomic E-state index is 0.0442. The molecule has 0 atom stereocenters. The van der Waals surface area contributed by atoms with E-state index in [1.807, 2.05) is 18.2 Å². The van der Waals surface area contributed by atoms with Gasteiger partial charge in [0.1, 0.15) is 10.6 Å². The van der Waals surface area contributed by atoms with E-state index in [4.69, 9.17) is 0 Å². The number of non-ortho nitro benzene ring substituents is 1. The molecule has 1 N–H and O–H groups in total. The highest BCUT2D eigenvalue weighted by Gasteiger charge is 2.27. The van der Waals surface area contributed by atoms with Gasteiger partial charge in [-0.1, -0.05) is 45.4 Å². The molecule has 0 aliphatic rings. The van der Waals surface area contributed by atoms with Crippen LogP contribution in [0, 0.1) is 10.1 Å². The van der Waals surface area contributed by atoms with Crippen LogP contribution >= 0.6 is 0 Å². The number of aromatic nitrogens is 1. The summed E-state index contributed by atoms with van der Waals surface area (Å²) in [7, 11) is -4.04. The fourth-order valence-electron chi connectivity index (χ4n) is 3.62. The van der Waals surface area contributed by atoms with Crippen LogP contribution in [-0.4, -0.2) is 40.4 Å². The maximum atomic E-state index is 13.2. The van der Waals surface area contributed by atoms with Gasteiger partial charge in [0.05, 0.1) is 10.4 Å². The predicted octanol–water partition coefficient (Wildman–Crippen LogP) is 5.50. The molecule has 1 aromatic heterocycles. The van der Waals surface area contributed by atoms with E-state index in [0.717, 1.165) is 24.4 Å². The van der Waals surface area contributed by atoms with Crippen molar-refractivity contribution in [3.8, 4) is 5.88 Å². The number of nitrogens with zero attached hydrogens (tertiary/aromatic N) is 5. The van der Waals surface area contributed by atoms with E-state index >= 15 is 0 Å². The van der Waals surface area contributed by atoms with E-state index in [9.17, 15) is 23.6 Å². The molecule has 0 radical (unpaired) electrons. The fourth-order valence-corrected chi connectivity index (χ4v) is 5.23. The van der Waals surface area contributed by atoms with Crippen LogP contribution in [0.1, 0.15) is 33.6 Å². The molecule has 33 heavy (non-hydrogen) atoms. The second-order valence-electron chi connectivity index (χ2n) is 7.39. The number of aryl methyl sites for hydroxylation is 1. The van der Waals surface area contributed by atoms with Crippen molar-refractivity contribution < 1.29 is 18.4 Å². The van der Waals surface area contributed by atoms with Crippen LogP contribution < -0.4 is 0 Å². The number of unbranched alkanes of at least 4 members (excludes halogenated alkanes) is 1. The van der Waals surface area contributed by atoms with Gasteiger partial charge >= 0.3 is 0 Å². The Labute approximate surface area is 192 Å². The number of azo groups is 1. The average molecular weight is 474 g/mol. The van der Waals surface area contributed by atoms with Gasteiger partial charge in [-0.2, -0.15) is 4.31 Å². The van der Waals surface area contributed by atoms with E-state index in [1.165, 1.54) is 16.4 Å². The number of sulfonamides is 1. The Morgan fingerprint density at radius 3 is 2.42 bits per heavy atom. The lowest BCUT2D eigenvalue weighted by molar-refractivity contribution is -0.385. The lowest BCUT2D eigenvalue weighted by Crippen LogP contribution is -2.30. The van der Waals surface area contributed by atoms with Gasteiger partial charge in [0.25, 0.3) is 5.69 Å².